The second-order valence-corrected chi connectivity index (χ2v) is 9.58. The molecule has 2 heterocycles. The van der Waals surface area contributed by atoms with E-state index < -0.39 is 38.4 Å². The first-order chi connectivity index (χ1) is 16.5. The van der Waals surface area contributed by atoms with E-state index in [2.05, 4.69) is 15.0 Å². The summed E-state index contributed by atoms with van der Waals surface area (Å²) in [6.07, 6.45) is -3.14. The van der Waals surface area contributed by atoms with E-state index in [1.54, 1.807) is 4.90 Å². The number of alkyl halides is 3. The number of halogens is 4. The van der Waals surface area contributed by atoms with Crippen LogP contribution in [0.15, 0.2) is 71.8 Å². The average molecular weight is 508 g/mol. The van der Waals surface area contributed by atoms with Crippen molar-refractivity contribution >= 4 is 27.4 Å². The highest BCUT2D eigenvalue weighted by atomic mass is 32.2. The zero-order chi connectivity index (χ0) is 25.2. The van der Waals surface area contributed by atoms with Gasteiger partial charge in [-0.1, -0.05) is 18.2 Å². The summed E-state index contributed by atoms with van der Waals surface area (Å²) in [6.45, 7) is 0.843. The third-order valence-corrected chi connectivity index (χ3v) is 6.84. The van der Waals surface area contributed by atoms with Crippen LogP contribution < -0.4 is 14.9 Å². The van der Waals surface area contributed by atoms with Crippen molar-refractivity contribution in [2.75, 3.05) is 22.7 Å². The molecule has 35 heavy (non-hydrogen) atoms. The number of carbonyl (C=O) groups excluding carboxylic acids is 1. The zero-order valence-electron chi connectivity index (χ0n) is 18.1. The Morgan fingerprint density at radius 3 is 2.51 bits per heavy atom. The monoisotopic (exact) mass is 508 g/mol. The fraction of sp³-hybridized carbons (Fsp3) is 0.217. The van der Waals surface area contributed by atoms with Crippen LogP contribution >= 0.6 is 0 Å². The highest BCUT2D eigenvalue weighted by molar-refractivity contribution is 7.92. The Balaban J connectivity index is 1.39. The van der Waals surface area contributed by atoms with E-state index in [0.717, 1.165) is 24.4 Å². The summed E-state index contributed by atoms with van der Waals surface area (Å²) in [5.74, 6) is -0.981. The lowest BCUT2D eigenvalue weighted by Crippen LogP contribution is -2.37. The van der Waals surface area contributed by atoms with E-state index >= 15 is 0 Å². The van der Waals surface area contributed by atoms with Crippen LogP contribution in [0.2, 0.25) is 0 Å². The lowest BCUT2D eigenvalue weighted by atomic mass is 10.1. The molecule has 7 nitrogen and oxygen atoms in total. The molecule has 1 fully saturated rings. The summed E-state index contributed by atoms with van der Waals surface area (Å²) in [6, 6.07) is 12.6. The highest BCUT2D eigenvalue weighted by Gasteiger charge is 2.31. The topological polar surface area (TPSA) is 91.4 Å². The van der Waals surface area contributed by atoms with Gasteiger partial charge in [0.25, 0.3) is 15.9 Å². The Kier molecular flexibility index (Phi) is 6.66. The van der Waals surface area contributed by atoms with Gasteiger partial charge in [-0.2, -0.15) is 13.2 Å². The summed E-state index contributed by atoms with van der Waals surface area (Å²) < 4.78 is 79.4. The number of carbonyl (C=O) groups is 1. The lowest BCUT2D eigenvalue weighted by Gasteiger charge is -2.18. The molecule has 0 bridgehead atoms. The maximum absolute atomic E-state index is 13.9. The van der Waals surface area contributed by atoms with E-state index in [9.17, 15) is 30.8 Å². The van der Waals surface area contributed by atoms with Gasteiger partial charge >= 0.3 is 6.18 Å². The number of rotatable bonds is 6. The molecule has 12 heteroatoms. The van der Waals surface area contributed by atoms with Crippen molar-refractivity contribution in [1.29, 1.82) is 0 Å². The molecule has 2 aromatic carbocycles. The van der Waals surface area contributed by atoms with E-state index in [1.165, 1.54) is 42.5 Å². The largest absolute Gasteiger partial charge is 0.417 e. The Bertz CT molecular complexity index is 1330. The fourth-order valence-corrected chi connectivity index (χ4v) is 4.82. The number of amides is 1. The second kappa shape index (κ2) is 9.53. The SMILES string of the molecule is O=C(NC1CCN(c2ccc(C(F)(F)F)cn2)C1)c1cccc(NS(=O)(=O)c2ccccc2F)c1. The van der Waals surface area contributed by atoms with Gasteiger partial charge in [-0.15, -0.1) is 0 Å². The van der Waals surface area contributed by atoms with E-state index in [-0.39, 0.29) is 17.3 Å². The lowest BCUT2D eigenvalue weighted by molar-refractivity contribution is -0.137. The number of aromatic nitrogens is 1. The number of benzene rings is 2. The van der Waals surface area contributed by atoms with E-state index in [1.807, 2.05) is 0 Å². The maximum Gasteiger partial charge on any atom is 0.417 e. The molecule has 3 aromatic rings. The molecule has 1 saturated heterocycles. The molecule has 0 aliphatic carbocycles. The van der Waals surface area contributed by atoms with Crippen molar-refractivity contribution in [2.24, 2.45) is 0 Å². The minimum Gasteiger partial charge on any atom is -0.354 e. The van der Waals surface area contributed by atoms with Gasteiger partial charge in [0, 0.05) is 36.6 Å². The van der Waals surface area contributed by atoms with Gasteiger partial charge in [-0.25, -0.2) is 17.8 Å². The Morgan fingerprint density at radius 2 is 1.83 bits per heavy atom. The van der Waals surface area contributed by atoms with Gasteiger partial charge in [0.05, 0.1) is 5.56 Å². The number of nitrogens with one attached hydrogen (secondary N) is 2. The van der Waals surface area contributed by atoms with Crippen molar-refractivity contribution < 1.29 is 30.8 Å². The van der Waals surface area contributed by atoms with Gasteiger partial charge < -0.3 is 10.2 Å². The summed E-state index contributed by atoms with van der Waals surface area (Å²) in [5, 5.41) is 2.84. The van der Waals surface area contributed by atoms with Gasteiger partial charge in [0.2, 0.25) is 0 Å². The number of nitrogens with zero attached hydrogens (tertiary/aromatic N) is 2. The zero-order valence-corrected chi connectivity index (χ0v) is 18.9. The Hall–Kier alpha value is -3.67. The van der Waals surface area contributed by atoms with E-state index in [4.69, 9.17) is 0 Å². The quantitative estimate of drug-likeness (QED) is 0.491. The number of hydrogen-bond acceptors (Lipinski definition) is 5. The summed E-state index contributed by atoms with van der Waals surface area (Å²) >= 11 is 0. The Morgan fingerprint density at radius 1 is 1.06 bits per heavy atom. The van der Waals surface area contributed by atoms with Crippen molar-refractivity contribution in [1.82, 2.24) is 10.3 Å². The van der Waals surface area contributed by atoms with Crippen LogP contribution in [0.1, 0.15) is 22.3 Å². The molecule has 0 spiro atoms. The van der Waals surface area contributed by atoms with Gasteiger partial charge in [-0.3, -0.25) is 9.52 Å². The van der Waals surface area contributed by atoms with Crippen LogP contribution in [0.25, 0.3) is 0 Å². The van der Waals surface area contributed by atoms with E-state index in [0.29, 0.717) is 25.3 Å². The normalized spacial score (nSPS) is 16.2. The first kappa shape index (κ1) is 24.5. The number of hydrogen-bond donors (Lipinski definition) is 2. The summed E-state index contributed by atoms with van der Waals surface area (Å²) in [4.78, 5) is 17.9. The molecule has 1 aliphatic heterocycles. The molecule has 1 aliphatic rings. The van der Waals surface area contributed by atoms with Crippen molar-refractivity contribution in [3.8, 4) is 0 Å². The van der Waals surface area contributed by atoms with Crippen molar-refractivity contribution in [3.05, 3.63) is 83.8 Å². The minimum absolute atomic E-state index is 0.0860. The molecule has 1 amide bonds. The first-order valence-corrected chi connectivity index (χ1v) is 12.0. The molecule has 4 rings (SSSR count). The number of anilines is 2. The molecular weight excluding hydrogens is 488 g/mol. The van der Waals surface area contributed by atoms with Crippen molar-refractivity contribution in [2.45, 2.75) is 23.5 Å². The predicted octanol–water partition coefficient (Wildman–Crippen LogP) is 4.05. The molecule has 0 radical (unpaired) electrons. The van der Waals surface area contributed by atoms with Crippen LogP contribution in [0.5, 0.6) is 0 Å². The van der Waals surface area contributed by atoms with Gasteiger partial charge in [-0.05, 0) is 48.9 Å². The molecule has 2 N–H and O–H groups in total. The highest BCUT2D eigenvalue weighted by Crippen LogP contribution is 2.30. The standard InChI is InChI=1S/C23H20F4N4O3S/c24-19-6-1-2-7-20(19)35(33,34)30-17-5-3-4-15(12-17)22(32)29-18-10-11-31(14-18)21-9-8-16(13-28-21)23(25,26)27/h1-9,12-13,18,30H,10-11,14H2,(H,29,32). The minimum atomic E-state index is -4.47. The van der Waals surface area contributed by atoms with Crippen LogP contribution in [0.3, 0.4) is 0 Å². The molecule has 184 valence electrons. The number of pyridine rings is 1. The second-order valence-electron chi connectivity index (χ2n) is 7.92. The van der Waals surface area contributed by atoms with Crippen LogP contribution in [0, 0.1) is 5.82 Å². The summed E-state index contributed by atoms with van der Waals surface area (Å²) in [7, 11) is -4.20. The molecule has 1 aromatic heterocycles. The first-order valence-electron chi connectivity index (χ1n) is 10.5. The van der Waals surface area contributed by atoms with Crippen LogP contribution in [-0.2, 0) is 16.2 Å². The van der Waals surface area contributed by atoms with Crippen LogP contribution in [0.4, 0.5) is 29.1 Å². The van der Waals surface area contributed by atoms with Gasteiger partial charge in [0.1, 0.15) is 16.5 Å². The molecular formula is C23H20F4N4O3S. The number of sulfonamides is 1. The van der Waals surface area contributed by atoms with Crippen LogP contribution in [-0.4, -0.2) is 38.4 Å². The molecule has 1 atom stereocenters. The summed E-state index contributed by atoms with van der Waals surface area (Å²) in [5.41, 5.74) is -0.566. The molecule has 0 saturated carbocycles. The molecule has 1 unspecified atom stereocenters. The fourth-order valence-electron chi connectivity index (χ4n) is 3.69. The Labute approximate surface area is 198 Å². The average Bonchev–Trinajstić information content (AvgIpc) is 3.27. The van der Waals surface area contributed by atoms with Crippen molar-refractivity contribution in [3.63, 3.8) is 0 Å². The maximum atomic E-state index is 13.9. The third-order valence-electron chi connectivity index (χ3n) is 5.43. The predicted molar refractivity (Wildman–Crippen MR) is 121 cm³/mol. The third kappa shape index (κ3) is 5.70. The smallest absolute Gasteiger partial charge is 0.354 e. The van der Waals surface area contributed by atoms with Gasteiger partial charge in [0.15, 0.2) is 0 Å².